The van der Waals surface area contributed by atoms with Gasteiger partial charge in [-0.05, 0) is 136 Å². The number of furan rings is 1. The van der Waals surface area contributed by atoms with Gasteiger partial charge in [-0.3, -0.25) is 0 Å². The van der Waals surface area contributed by atoms with Gasteiger partial charge in [0.15, 0.2) is 0 Å². The summed E-state index contributed by atoms with van der Waals surface area (Å²) in [5, 5.41) is 1.20. The van der Waals surface area contributed by atoms with Crippen LogP contribution in [0.25, 0.3) is 39.3 Å². The van der Waals surface area contributed by atoms with Crippen LogP contribution >= 0.6 is 0 Å². The third-order valence-corrected chi connectivity index (χ3v) is 14.2. The Labute approximate surface area is 374 Å². The SMILES string of the molecule is C1=CC2c3c(-c4ccc(N(c5ccccc5)c5ccccc5)cc4)cccc3C3(c4ccccc4-c4ccc(N(c5ccccc5)c5cccc6oc7c(c56)CCC=C7)cc43)C2C=C1. The molecule has 0 aliphatic heterocycles. The van der Waals surface area contributed by atoms with Crippen molar-refractivity contribution >= 4 is 51.2 Å². The molecule has 3 atom stereocenters. The fourth-order valence-electron chi connectivity index (χ4n) is 11.7. The number of nitrogens with zero attached hydrogens (tertiary/aromatic N) is 2. The summed E-state index contributed by atoms with van der Waals surface area (Å²) in [6.45, 7) is 0. The first kappa shape index (κ1) is 36.7. The van der Waals surface area contributed by atoms with Crippen LogP contribution in [0, 0.1) is 5.92 Å². The second-order valence-electron chi connectivity index (χ2n) is 17.4. The van der Waals surface area contributed by atoms with E-state index in [4.69, 9.17) is 4.42 Å². The summed E-state index contributed by atoms with van der Waals surface area (Å²) in [5.74, 6) is 1.35. The molecule has 0 fully saturated rings. The highest BCUT2D eigenvalue weighted by Crippen LogP contribution is 2.67. The molecule has 0 N–H and O–H groups in total. The lowest BCUT2D eigenvalue weighted by atomic mass is 9.65. The molecule has 304 valence electrons. The second-order valence-corrected chi connectivity index (χ2v) is 17.4. The van der Waals surface area contributed by atoms with Crippen LogP contribution in [0.5, 0.6) is 0 Å². The van der Waals surface area contributed by atoms with Crippen molar-refractivity contribution < 1.29 is 4.42 Å². The lowest BCUT2D eigenvalue weighted by molar-refractivity contribution is 0.466. The largest absolute Gasteiger partial charge is 0.456 e. The van der Waals surface area contributed by atoms with Crippen molar-refractivity contribution in [1.29, 1.82) is 0 Å². The normalized spacial score (nSPS) is 18.4. The van der Waals surface area contributed by atoms with Crippen molar-refractivity contribution in [2.24, 2.45) is 5.92 Å². The number of hydrogen-bond donors (Lipinski definition) is 0. The van der Waals surface area contributed by atoms with Crippen molar-refractivity contribution in [2.45, 2.75) is 24.2 Å². The second kappa shape index (κ2) is 14.6. The van der Waals surface area contributed by atoms with Gasteiger partial charge < -0.3 is 14.2 Å². The van der Waals surface area contributed by atoms with Crippen LogP contribution < -0.4 is 9.80 Å². The van der Waals surface area contributed by atoms with Crippen LogP contribution in [0.1, 0.15) is 45.9 Å². The van der Waals surface area contributed by atoms with E-state index in [0.717, 1.165) is 58.3 Å². The molecule has 3 unspecified atom stereocenters. The number of benzene rings is 8. The molecule has 0 saturated heterocycles. The Bertz CT molecular complexity index is 3300. The van der Waals surface area contributed by atoms with Crippen molar-refractivity contribution in [3.05, 3.63) is 258 Å². The topological polar surface area (TPSA) is 19.6 Å². The van der Waals surface area contributed by atoms with E-state index in [2.05, 4.69) is 240 Å². The summed E-state index contributed by atoms with van der Waals surface area (Å²) in [6, 6.07) is 71.4. The van der Waals surface area contributed by atoms with Gasteiger partial charge in [0.2, 0.25) is 0 Å². The lowest BCUT2D eigenvalue weighted by Gasteiger charge is -2.37. The van der Waals surface area contributed by atoms with Gasteiger partial charge in [0.05, 0.1) is 11.1 Å². The minimum atomic E-state index is -0.412. The summed E-state index contributed by atoms with van der Waals surface area (Å²) in [4.78, 5) is 4.80. The number of hydrogen-bond acceptors (Lipinski definition) is 3. The first-order chi connectivity index (χ1) is 31.8. The zero-order chi connectivity index (χ0) is 42.2. The molecule has 3 nitrogen and oxygen atoms in total. The quantitative estimate of drug-likeness (QED) is 0.160. The third-order valence-electron chi connectivity index (χ3n) is 14.2. The smallest absolute Gasteiger partial charge is 0.137 e. The van der Waals surface area contributed by atoms with Gasteiger partial charge in [-0.15, -0.1) is 0 Å². The van der Waals surface area contributed by atoms with Crippen molar-refractivity contribution in [2.75, 3.05) is 9.80 Å². The molecule has 0 radical (unpaired) electrons. The summed E-state index contributed by atoms with van der Waals surface area (Å²) in [6.07, 6.45) is 15.8. The molecular formula is C61H44N2O. The average molecular weight is 821 g/mol. The van der Waals surface area contributed by atoms with E-state index in [1.54, 1.807) is 0 Å². The maximum absolute atomic E-state index is 6.52. The van der Waals surface area contributed by atoms with E-state index in [9.17, 15) is 0 Å². The number of fused-ring (bicyclic) bond motifs is 13. The fraction of sp³-hybridized carbons (Fsp3) is 0.0820. The average Bonchev–Trinajstić information content (AvgIpc) is 4.00. The summed E-state index contributed by atoms with van der Waals surface area (Å²) in [5.41, 5.74) is 19.3. The van der Waals surface area contributed by atoms with Crippen molar-refractivity contribution in [1.82, 2.24) is 0 Å². The van der Waals surface area contributed by atoms with E-state index < -0.39 is 5.41 Å². The van der Waals surface area contributed by atoms with Gasteiger partial charge in [-0.2, -0.15) is 0 Å². The number of para-hydroxylation sites is 3. The van der Waals surface area contributed by atoms with E-state index in [0.29, 0.717) is 0 Å². The fourth-order valence-corrected chi connectivity index (χ4v) is 11.7. The van der Waals surface area contributed by atoms with E-state index >= 15 is 0 Å². The Morgan fingerprint density at radius 1 is 0.484 bits per heavy atom. The summed E-state index contributed by atoms with van der Waals surface area (Å²) < 4.78 is 6.52. The zero-order valence-corrected chi connectivity index (χ0v) is 35.3. The predicted molar refractivity (Wildman–Crippen MR) is 265 cm³/mol. The molecule has 8 aromatic carbocycles. The molecule has 1 aromatic heterocycles. The zero-order valence-electron chi connectivity index (χ0n) is 35.3. The van der Waals surface area contributed by atoms with Crippen LogP contribution in [-0.2, 0) is 11.8 Å². The molecule has 3 heteroatoms. The Balaban J connectivity index is 1.00. The monoisotopic (exact) mass is 820 g/mol. The highest BCUT2D eigenvalue weighted by atomic mass is 16.3. The number of anilines is 6. The van der Waals surface area contributed by atoms with Gasteiger partial charge >= 0.3 is 0 Å². The highest BCUT2D eigenvalue weighted by molar-refractivity contribution is 6.01. The van der Waals surface area contributed by atoms with Gasteiger partial charge in [0.25, 0.3) is 0 Å². The first-order valence-electron chi connectivity index (χ1n) is 22.6. The third kappa shape index (κ3) is 5.40. The highest BCUT2D eigenvalue weighted by Gasteiger charge is 2.57. The van der Waals surface area contributed by atoms with Crippen LogP contribution in [0.3, 0.4) is 0 Å². The standard InChI is InChI=1S/C61H44N2O/c1-4-18-42(19-5-1)62(43-20-6-2-7-21-43)45-36-34-41(35-37-45)47-27-16-30-54-59(47)50-25-11-14-29-53(50)61(54)52-28-13-10-24-48(52)49-39-38-46(40-55(49)61)63(44-22-8-3-9-23-44)56-31-17-33-58-60(56)51-26-12-15-32-57(51)64-58/h1-11,13-25,27-40,50,53H,12,26H2. The molecule has 13 rings (SSSR count). The van der Waals surface area contributed by atoms with Crippen LogP contribution in [0.2, 0.25) is 0 Å². The molecule has 9 aromatic rings. The number of allylic oxidation sites excluding steroid dienone is 5. The molecule has 0 amide bonds. The molecule has 1 heterocycles. The molecule has 1 spiro atoms. The van der Waals surface area contributed by atoms with Crippen molar-refractivity contribution in [3.63, 3.8) is 0 Å². The molecule has 4 aliphatic carbocycles. The van der Waals surface area contributed by atoms with Gasteiger partial charge in [0, 0.05) is 51.2 Å². The summed E-state index contributed by atoms with van der Waals surface area (Å²) in [7, 11) is 0. The molecule has 64 heavy (non-hydrogen) atoms. The Morgan fingerprint density at radius 3 is 1.86 bits per heavy atom. The molecule has 4 aliphatic rings. The Hall–Kier alpha value is -7.88. The molecular weight excluding hydrogens is 777 g/mol. The lowest BCUT2D eigenvalue weighted by Crippen LogP contribution is -2.33. The van der Waals surface area contributed by atoms with Gasteiger partial charge in [-0.25, -0.2) is 0 Å². The maximum Gasteiger partial charge on any atom is 0.137 e. The predicted octanol–water partition coefficient (Wildman–Crippen LogP) is 16.2. The molecule has 0 saturated carbocycles. The maximum atomic E-state index is 6.52. The van der Waals surface area contributed by atoms with Crippen molar-refractivity contribution in [3.8, 4) is 22.3 Å². The first-order valence-corrected chi connectivity index (χ1v) is 22.6. The van der Waals surface area contributed by atoms with E-state index in [1.807, 2.05) is 0 Å². The number of aryl methyl sites for hydroxylation is 1. The minimum Gasteiger partial charge on any atom is -0.456 e. The Kier molecular flexibility index (Phi) is 8.39. The summed E-state index contributed by atoms with van der Waals surface area (Å²) >= 11 is 0. The molecule has 0 bridgehead atoms. The van der Waals surface area contributed by atoms with Gasteiger partial charge in [-0.1, -0.05) is 152 Å². The van der Waals surface area contributed by atoms with E-state index in [-0.39, 0.29) is 11.8 Å². The van der Waals surface area contributed by atoms with Gasteiger partial charge in [0.1, 0.15) is 11.3 Å². The number of rotatable bonds is 7. The van der Waals surface area contributed by atoms with E-state index in [1.165, 1.54) is 55.5 Å². The van der Waals surface area contributed by atoms with Crippen LogP contribution in [0.15, 0.2) is 229 Å². The minimum absolute atomic E-state index is 0.179. The Morgan fingerprint density at radius 2 is 1.09 bits per heavy atom. The van der Waals surface area contributed by atoms with Crippen LogP contribution in [0.4, 0.5) is 34.1 Å². The van der Waals surface area contributed by atoms with Crippen LogP contribution in [-0.4, -0.2) is 0 Å².